The molecule has 2 aromatic rings. The Balaban J connectivity index is 1.87. The number of nitrogens with one attached hydrogen (secondary N) is 1. The Hall–Kier alpha value is -1.63. The normalized spacial score (nSPS) is 26.8. The van der Waals surface area contributed by atoms with Crippen molar-refractivity contribution < 1.29 is 9.90 Å². The van der Waals surface area contributed by atoms with Crippen molar-refractivity contribution in [1.82, 2.24) is 19.9 Å². The first-order valence-corrected chi connectivity index (χ1v) is 7.56. The van der Waals surface area contributed by atoms with Crippen LogP contribution in [0.4, 0.5) is 0 Å². The summed E-state index contributed by atoms with van der Waals surface area (Å²) in [5.41, 5.74) is 1.41. The van der Waals surface area contributed by atoms with Gasteiger partial charge in [-0.3, -0.25) is 4.79 Å². The van der Waals surface area contributed by atoms with E-state index in [2.05, 4.69) is 26.9 Å². The number of rotatable bonds is 3. The molecule has 3 atom stereocenters. The first kappa shape index (κ1) is 13.4. The summed E-state index contributed by atoms with van der Waals surface area (Å²) in [5.74, 6) is -0.448. The zero-order valence-corrected chi connectivity index (χ0v) is 11.9. The number of thioether (sulfide) groups is 1. The van der Waals surface area contributed by atoms with Crippen molar-refractivity contribution in [3.63, 3.8) is 0 Å². The van der Waals surface area contributed by atoms with Crippen LogP contribution >= 0.6 is 11.8 Å². The molecule has 0 aliphatic heterocycles. The molecule has 3 rings (SSSR count). The molecule has 106 valence electrons. The average molecular weight is 292 g/mol. The second kappa shape index (κ2) is 5.40. The van der Waals surface area contributed by atoms with Crippen LogP contribution < -0.4 is 0 Å². The van der Waals surface area contributed by atoms with E-state index in [0.717, 1.165) is 29.8 Å². The van der Waals surface area contributed by atoms with E-state index in [0.29, 0.717) is 11.6 Å². The summed E-state index contributed by atoms with van der Waals surface area (Å²) in [7, 11) is 0. The molecule has 3 unspecified atom stereocenters. The van der Waals surface area contributed by atoms with Gasteiger partial charge in [0, 0.05) is 5.25 Å². The van der Waals surface area contributed by atoms with Gasteiger partial charge >= 0.3 is 5.97 Å². The zero-order valence-electron chi connectivity index (χ0n) is 11.1. The van der Waals surface area contributed by atoms with Crippen molar-refractivity contribution in [2.45, 2.75) is 36.5 Å². The Kier molecular flexibility index (Phi) is 3.60. The second-order valence-electron chi connectivity index (χ2n) is 5.30. The Morgan fingerprint density at radius 2 is 2.25 bits per heavy atom. The molecule has 2 aromatic heterocycles. The van der Waals surface area contributed by atoms with Gasteiger partial charge in [0.15, 0.2) is 5.65 Å². The van der Waals surface area contributed by atoms with E-state index in [1.54, 1.807) is 6.33 Å². The van der Waals surface area contributed by atoms with Gasteiger partial charge in [-0.2, -0.15) is 0 Å². The molecule has 0 radical (unpaired) electrons. The fourth-order valence-corrected chi connectivity index (χ4v) is 4.22. The first-order chi connectivity index (χ1) is 9.65. The van der Waals surface area contributed by atoms with E-state index in [1.165, 1.54) is 18.1 Å². The predicted molar refractivity (Wildman–Crippen MR) is 75.5 cm³/mol. The van der Waals surface area contributed by atoms with Crippen molar-refractivity contribution in [2.24, 2.45) is 11.8 Å². The van der Waals surface area contributed by atoms with Crippen LogP contribution in [-0.2, 0) is 4.79 Å². The fraction of sp³-hybridized carbons (Fsp3) is 0.538. The highest BCUT2D eigenvalue weighted by atomic mass is 32.2. The van der Waals surface area contributed by atoms with Gasteiger partial charge in [-0.15, -0.1) is 0 Å². The molecule has 2 heterocycles. The number of hydrogen-bond donors (Lipinski definition) is 2. The molecule has 1 fully saturated rings. The molecule has 0 amide bonds. The molecule has 0 aromatic carbocycles. The molecule has 6 nitrogen and oxygen atoms in total. The Morgan fingerprint density at radius 3 is 3.05 bits per heavy atom. The minimum absolute atomic E-state index is 0.0534. The molecule has 1 aliphatic rings. The van der Waals surface area contributed by atoms with Gasteiger partial charge < -0.3 is 10.1 Å². The molecule has 0 saturated heterocycles. The fourth-order valence-electron chi connectivity index (χ4n) is 2.72. The summed E-state index contributed by atoms with van der Waals surface area (Å²) in [6.45, 7) is 2.18. The third kappa shape index (κ3) is 2.49. The van der Waals surface area contributed by atoms with Crippen molar-refractivity contribution >= 4 is 28.9 Å². The van der Waals surface area contributed by atoms with Gasteiger partial charge in [0.25, 0.3) is 0 Å². The number of aliphatic carboxylic acids is 1. The van der Waals surface area contributed by atoms with Crippen LogP contribution in [0.5, 0.6) is 0 Å². The minimum Gasteiger partial charge on any atom is -0.481 e. The van der Waals surface area contributed by atoms with Crippen molar-refractivity contribution in [2.75, 3.05) is 0 Å². The quantitative estimate of drug-likeness (QED) is 0.844. The van der Waals surface area contributed by atoms with E-state index in [-0.39, 0.29) is 11.2 Å². The van der Waals surface area contributed by atoms with Crippen LogP contribution in [-0.4, -0.2) is 36.3 Å². The smallest absolute Gasteiger partial charge is 0.307 e. The summed E-state index contributed by atoms with van der Waals surface area (Å²) in [5, 5.41) is 10.2. The number of nitrogens with zero attached hydrogens (tertiary/aromatic N) is 3. The van der Waals surface area contributed by atoms with Gasteiger partial charge in [-0.1, -0.05) is 18.7 Å². The van der Waals surface area contributed by atoms with Crippen LogP contribution in [0, 0.1) is 11.8 Å². The molecule has 7 heteroatoms. The number of aromatic nitrogens is 4. The Labute approximate surface area is 120 Å². The van der Waals surface area contributed by atoms with E-state index in [9.17, 15) is 9.90 Å². The maximum atomic E-state index is 11.4. The summed E-state index contributed by atoms with van der Waals surface area (Å²) >= 11 is 1.54. The largest absolute Gasteiger partial charge is 0.481 e. The highest BCUT2D eigenvalue weighted by molar-refractivity contribution is 8.00. The maximum absolute atomic E-state index is 11.4. The van der Waals surface area contributed by atoms with Gasteiger partial charge in [0.2, 0.25) is 0 Å². The lowest BCUT2D eigenvalue weighted by molar-refractivity contribution is -0.142. The number of imidazole rings is 1. The summed E-state index contributed by atoms with van der Waals surface area (Å²) in [6, 6.07) is 0. The average Bonchev–Trinajstić information content (AvgIpc) is 2.88. The molecule has 20 heavy (non-hydrogen) atoms. The zero-order chi connectivity index (χ0) is 14.1. The lowest BCUT2D eigenvalue weighted by Crippen LogP contribution is -2.32. The maximum Gasteiger partial charge on any atom is 0.307 e. The third-order valence-corrected chi connectivity index (χ3v) is 5.18. The number of aromatic amines is 1. The van der Waals surface area contributed by atoms with Crippen LogP contribution in [0.1, 0.15) is 26.2 Å². The molecule has 2 N–H and O–H groups in total. The van der Waals surface area contributed by atoms with E-state index < -0.39 is 5.97 Å². The Bertz CT molecular complexity index is 630. The molecular weight excluding hydrogens is 276 g/mol. The number of carboxylic acid groups (broad SMARTS) is 1. The van der Waals surface area contributed by atoms with Crippen LogP contribution in [0.2, 0.25) is 0 Å². The number of carbonyl (C=O) groups is 1. The van der Waals surface area contributed by atoms with Crippen LogP contribution in [0.15, 0.2) is 17.7 Å². The van der Waals surface area contributed by atoms with E-state index in [1.807, 2.05) is 0 Å². The molecule has 0 bridgehead atoms. The van der Waals surface area contributed by atoms with Crippen molar-refractivity contribution in [3.8, 4) is 0 Å². The first-order valence-electron chi connectivity index (χ1n) is 6.68. The number of H-pyrrole nitrogens is 1. The SMILES string of the molecule is CC1CCC(C(=O)O)C(Sc2ncnc3nc[nH]c23)C1. The van der Waals surface area contributed by atoms with Gasteiger partial charge in [0.05, 0.1) is 12.2 Å². The molecule has 1 aliphatic carbocycles. The summed E-state index contributed by atoms with van der Waals surface area (Å²) in [4.78, 5) is 26.9. The monoisotopic (exact) mass is 292 g/mol. The number of carboxylic acids is 1. The lowest BCUT2D eigenvalue weighted by Gasteiger charge is -2.31. The van der Waals surface area contributed by atoms with Gasteiger partial charge in [-0.25, -0.2) is 15.0 Å². The molecule has 1 saturated carbocycles. The van der Waals surface area contributed by atoms with Gasteiger partial charge in [0.1, 0.15) is 16.9 Å². The van der Waals surface area contributed by atoms with Crippen molar-refractivity contribution in [1.29, 1.82) is 0 Å². The Morgan fingerprint density at radius 1 is 1.40 bits per heavy atom. The third-order valence-electron chi connectivity index (χ3n) is 3.82. The number of fused-ring (bicyclic) bond motifs is 1. The molecule has 0 spiro atoms. The van der Waals surface area contributed by atoms with Crippen LogP contribution in [0.25, 0.3) is 11.2 Å². The standard InChI is InChI=1S/C13H16N4O2S/c1-7-2-3-8(13(18)19)9(4-7)20-12-10-11(15-5-14-10)16-6-17-12/h5-9H,2-4H2,1H3,(H,18,19)(H,14,15,16,17). The predicted octanol–water partition coefficient (Wildman–Crippen LogP) is 2.33. The van der Waals surface area contributed by atoms with Crippen molar-refractivity contribution in [3.05, 3.63) is 12.7 Å². The summed E-state index contributed by atoms with van der Waals surface area (Å²) in [6.07, 6.45) is 5.69. The van der Waals surface area contributed by atoms with Gasteiger partial charge in [-0.05, 0) is 25.2 Å². The van der Waals surface area contributed by atoms with Crippen LogP contribution in [0.3, 0.4) is 0 Å². The highest BCUT2D eigenvalue weighted by Crippen LogP contribution is 2.40. The highest BCUT2D eigenvalue weighted by Gasteiger charge is 2.35. The lowest BCUT2D eigenvalue weighted by atomic mass is 9.82. The topological polar surface area (TPSA) is 91.8 Å². The second-order valence-corrected chi connectivity index (χ2v) is 6.53. The minimum atomic E-state index is -0.704. The van der Waals surface area contributed by atoms with E-state index >= 15 is 0 Å². The number of hydrogen-bond acceptors (Lipinski definition) is 5. The summed E-state index contributed by atoms with van der Waals surface area (Å²) < 4.78 is 0. The van der Waals surface area contributed by atoms with E-state index in [4.69, 9.17) is 0 Å². The molecular formula is C13H16N4O2S.